The summed E-state index contributed by atoms with van der Waals surface area (Å²) in [6.45, 7) is 0. The van der Waals surface area contributed by atoms with Gasteiger partial charge in [0.2, 0.25) is 0 Å². The molecular formula is C16H13BrN4O2S. The Labute approximate surface area is 150 Å². The van der Waals surface area contributed by atoms with Gasteiger partial charge >= 0.3 is 0 Å². The van der Waals surface area contributed by atoms with Crippen molar-refractivity contribution < 1.29 is 9.53 Å². The number of H-pyrrole nitrogens is 1. The van der Waals surface area contributed by atoms with Gasteiger partial charge in [-0.05, 0) is 58.4 Å². The van der Waals surface area contributed by atoms with Gasteiger partial charge in [-0.2, -0.15) is 10.2 Å². The third-order valence-electron chi connectivity index (χ3n) is 3.16. The van der Waals surface area contributed by atoms with Crippen molar-refractivity contribution in [3.63, 3.8) is 0 Å². The molecule has 2 aromatic heterocycles. The minimum absolute atomic E-state index is 0.338. The van der Waals surface area contributed by atoms with Crippen LogP contribution in [0, 0.1) is 0 Å². The van der Waals surface area contributed by atoms with E-state index < -0.39 is 0 Å². The highest BCUT2D eigenvalue weighted by atomic mass is 79.9. The molecule has 1 aromatic carbocycles. The molecule has 24 heavy (non-hydrogen) atoms. The number of thiophene rings is 1. The number of aromatic nitrogens is 2. The molecule has 0 aliphatic rings. The van der Waals surface area contributed by atoms with Crippen molar-refractivity contribution in [1.82, 2.24) is 15.6 Å². The summed E-state index contributed by atoms with van der Waals surface area (Å²) < 4.78 is 6.13. The summed E-state index contributed by atoms with van der Waals surface area (Å²) in [5.74, 6) is 0.413. The number of nitrogens with one attached hydrogen (secondary N) is 2. The second-order valence-corrected chi connectivity index (χ2v) is 7.23. The largest absolute Gasteiger partial charge is 0.497 e. The van der Waals surface area contributed by atoms with E-state index in [9.17, 15) is 4.79 Å². The summed E-state index contributed by atoms with van der Waals surface area (Å²) in [7, 11) is 1.61. The fourth-order valence-corrected chi connectivity index (χ4v) is 3.26. The molecule has 0 bridgehead atoms. The van der Waals surface area contributed by atoms with Crippen molar-refractivity contribution in [2.75, 3.05) is 7.11 Å². The normalized spacial score (nSPS) is 10.9. The number of methoxy groups -OCH3 is 1. The smallest absolute Gasteiger partial charge is 0.289 e. The van der Waals surface area contributed by atoms with Crippen LogP contribution in [0.15, 0.2) is 51.4 Å². The highest BCUT2D eigenvalue weighted by Crippen LogP contribution is 2.21. The zero-order valence-corrected chi connectivity index (χ0v) is 15.0. The van der Waals surface area contributed by atoms with Crippen LogP contribution in [0.4, 0.5) is 0 Å². The van der Waals surface area contributed by atoms with Crippen LogP contribution in [0.3, 0.4) is 0 Å². The van der Waals surface area contributed by atoms with Crippen molar-refractivity contribution in [1.29, 1.82) is 0 Å². The number of aromatic amines is 1. The van der Waals surface area contributed by atoms with Crippen LogP contribution < -0.4 is 10.2 Å². The monoisotopic (exact) mass is 404 g/mol. The second kappa shape index (κ2) is 7.41. The zero-order chi connectivity index (χ0) is 16.9. The maximum atomic E-state index is 12.1. The molecule has 1 amide bonds. The number of carbonyl (C=O) groups excluding carboxylic acids is 1. The lowest BCUT2D eigenvalue weighted by atomic mass is 10.1. The van der Waals surface area contributed by atoms with E-state index >= 15 is 0 Å². The molecule has 122 valence electrons. The molecule has 2 heterocycles. The van der Waals surface area contributed by atoms with Crippen LogP contribution in [0.5, 0.6) is 5.75 Å². The van der Waals surface area contributed by atoms with Crippen LogP contribution in [0.2, 0.25) is 0 Å². The number of hydrogen-bond donors (Lipinski definition) is 2. The highest BCUT2D eigenvalue weighted by Gasteiger charge is 2.10. The van der Waals surface area contributed by atoms with Crippen molar-refractivity contribution in [2.24, 2.45) is 5.10 Å². The van der Waals surface area contributed by atoms with E-state index in [0.29, 0.717) is 11.4 Å². The molecule has 6 nitrogen and oxygen atoms in total. The molecule has 0 aliphatic heterocycles. The number of amides is 1. The summed E-state index contributed by atoms with van der Waals surface area (Å²) in [5, 5.41) is 10.8. The molecule has 0 radical (unpaired) electrons. The van der Waals surface area contributed by atoms with Crippen LogP contribution in [0.25, 0.3) is 11.3 Å². The molecule has 0 saturated heterocycles. The van der Waals surface area contributed by atoms with Gasteiger partial charge in [0.15, 0.2) is 0 Å². The molecular weight excluding hydrogens is 392 g/mol. The average Bonchev–Trinajstić information content (AvgIpc) is 3.24. The number of halogens is 1. The first-order valence-corrected chi connectivity index (χ1v) is 8.55. The predicted octanol–water partition coefficient (Wildman–Crippen LogP) is 3.67. The van der Waals surface area contributed by atoms with Gasteiger partial charge in [0, 0.05) is 10.4 Å². The maximum absolute atomic E-state index is 12.1. The standard InChI is InChI=1S/C16H13BrN4O2S/c1-23-11-4-2-10(3-5-11)13-8-14(20-19-13)16(22)21-18-9-12-6-7-15(17)24-12/h2-9H,1H3,(H,19,20)(H,21,22). The van der Waals surface area contributed by atoms with Gasteiger partial charge in [-0.25, -0.2) is 5.43 Å². The SMILES string of the molecule is COc1ccc(-c2cc(C(=O)NN=Cc3ccc(Br)s3)[nH]n2)cc1. The van der Waals surface area contributed by atoms with E-state index in [0.717, 1.165) is 20.0 Å². The van der Waals surface area contributed by atoms with E-state index in [1.54, 1.807) is 19.4 Å². The van der Waals surface area contributed by atoms with E-state index in [-0.39, 0.29) is 5.91 Å². The Balaban J connectivity index is 1.65. The first kappa shape index (κ1) is 16.4. The molecule has 0 aliphatic carbocycles. The number of ether oxygens (including phenoxy) is 1. The minimum Gasteiger partial charge on any atom is -0.497 e. The number of nitrogens with zero attached hydrogens (tertiary/aromatic N) is 2. The maximum Gasteiger partial charge on any atom is 0.289 e. The summed E-state index contributed by atoms with van der Waals surface area (Å²) in [6.07, 6.45) is 1.59. The number of benzene rings is 1. The van der Waals surface area contributed by atoms with Gasteiger partial charge in [-0.15, -0.1) is 11.3 Å². The van der Waals surface area contributed by atoms with Gasteiger partial charge in [0.25, 0.3) is 5.91 Å². The topological polar surface area (TPSA) is 79.4 Å². The van der Waals surface area contributed by atoms with Crippen LogP contribution in [0.1, 0.15) is 15.4 Å². The first-order valence-electron chi connectivity index (χ1n) is 6.94. The molecule has 3 aromatic rings. The first-order chi connectivity index (χ1) is 11.7. The molecule has 0 atom stereocenters. The summed E-state index contributed by atoms with van der Waals surface area (Å²) in [4.78, 5) is 13.0. The Hall–Kier alpha value is -2.45. The van der Waals surface area contributed by atoms with Gasteiger partial charge < -0.3 is 4.74 Å². The van der Waals surface area contributed by atoms with Crippen LogP contribution in [-0.2, 0) is 0 Å². The third-order valence-corrected chi connectivity index (χ3v) is 4.72. The van der Waals surface area contributed by atoms with E-state index in [2.05, 4.69) is 36.7 Å². The summed E-state index contributed by atoms with van der Waals surface area (Å²) in [6, 6.07) is 12.9. The van der Waals surface area contributed by atoms with E-state index in [4.69, 9.17) is 4.74 Å². The van der Waals surface area contributed by atoms with Crippen LogP contribution in [-0.4, -0.2) is 29.4 Å². The number of hydrazone groups is 1. The van der Waals surface area contributed by atoms with Gasteiger partial charge in [0.1, 0.15) is 11.4 Å². The fraction of sp³-hybridized carbons (Fsp3) is 0.0625. The van der Waals surface area contributed by atoms with E-state index in [1.165, 1.54) is 11.3 Å². The van der Waals surface area contributed by atoms with Crippen molar-refractivity contribution >= 4 is 39.4 Å². The lowest BCUT2D eigenvalue weighted by Gasteiger charge is -1.99. The fourth-order valence-electron chi connectivity index (χ4n) is 1.96. The summed E-state index contributed by atoms with van der Waals surface area (Å²) in [5.41, 5.74) is 4.37. The molecule has 0 saturated carbocycles. The number of rotatable bonds is 5. The average molecular weight is 405 g/mol. The highest BCUT2D eigenvalue weighted by molar-refractivity contribution is 9.11. The Morgan fingerprint density at radius 1 is 1.33 bits per heavy atom. The third kappa shape index (κ3) is 3.90. The molecule has 3 rings (SSSR count). The van der Waals surface area contributed by atoms with E-state index in [1.807, 2.05) is 36.4 Å². The predicted molar refractivity (Wildman–Crippen MR) is 97.7 cm³/mol. The van der Waals surface area contributed by atoms with Gasteiger partial charge in [-0.3, -0.25) is 9.89 Å². The zero-order valence-electron chi connectivity index (χ0n) is 12.6. The van der Waals surface area contributed by atoms with Crippen molar-refractivity contribution in [3.8, 4) is 17.0 Å². The molecule has 8 heteroatoms. The Kier molecular flexibility index (Phi) is 5.07. The second-order valence-electron chi connectivity index (χ2n) is 4.74. The quantitative estimate of drug-likeness (QED) is 0.502. The minimum atomic E-state index is -0.353. The van der Waals surface area contributed by atoms with Crippen LogP contribution >= 0.6 is 27.3 Å². The van der Waals surface area contributed by atoms with Gasteiger partial charge in [0.05, 0.1) is 22.8 Å². The Bertz CT molecular complexity index is 870. The lowest BCUT2D eigenvalue weighted by molar-refractivity contribution is 0.0950. The number of carbonyl (C=O) groups is 1. The number of hydrogen-bond acceptors (Lipinski definition) is 5. The van der Waals surface area contributed by atoms with Gasteiger partial charge in [-0.1, -0.05) is 0 Å². The molecule has 0 spiro atoms. The molecule has 0 unspecified atom stereocenters. The molecule has 2 N–H and O–H groups in total. The summed E-state index contributed by atoms with van der Waals surface area (Å²) >= 11 is 4.90. The Morgan fingerprint density at radius 3 is 2.79 bits per heavy atom. The lowest BCUT2D eigenvalue weighted by Crippen LogP contribution is -2.17. The Morgan fingerprint density at radius 2 is 2.12 bits per heavy atom. The van der Waals surface area contributed by atoms with Crippen molar-refractivity contribution in [2.45, 2.75) is 0 Å². The van der Waals surface area contributed by atoms with Crippen molar-refractivity contribution in [3.05, 3.63) is 56.8 Å². The molecule has 0 fully saturated rings.